The second-order valence-electron chi connectivity index (χ2n) is 12.9. The highest BCUT2D eigenvalue weighted by molar-refractivity contribution is 6.00. The molecule has 9 nitrogen and oxygen atoms in total. The molecule has 9 heteroatoms. The van der Waals surface area contributed by atoms with Crippen LogP contribution in [0.1, 0.15) is 102 Å². The first-order valence-electron chi connectivity index (χ1n) is 16.3. The van der Waals surface area contributed by atoms with Gasteiger partial charge in [0.15, 0.2) is 5.69 Å². The fourth-order valence-electron chi connectivity index (χ4n) is 8.67. The van der Waals surface area contributed by atoms with Crippen molar-refractivity contribution in [1.82, 2.24) is 14.5 Å². The van der Waals surface area contributed by atoms with Crippen molar-refractivity contribution in [2.45, 2.75) is 115 Å². The highest BCUT2D eigenvalue weighted by atomic mass is 16.6. The zero-order valence-corrected chi connectivity index (χ0v) is 25.0. The standard InChI is InChI=1S/C33H46N4O5/c1-2-41-31(39)14-13-29(35-42-16-15-38)32-33(40)37(30-12-4-3-11-28(30)34-32)27-20-24-9-6-10-25(21-27)36(24)26-18-22-7-5-8-23(17-22)19-26/h3-4,11-12,22-27,38H,2,5-10,13-21H2,1H3/t22?,23?,24-,25?,26?,27?/m1/s1. The normalized spacial score (nSPS) is 29.8. The molecule has 6 rings (SSSR count). The van der Waals surface area contributed by atoms with E-state index in [9.17, 15) is 14.7 Å². The van der Waals surface area contributed by atoms with Crippen molar-refractivity contribution >= 4 is 22.7 Å². The summed E-state index contributed by atoms with van der Waals surface area (Å²) < 4.78 is 7.09. The Kier molecular flexibility index (Phi) is 9.24. The van der Waals surface area contributed by atoms with E-state index in [1.165, 1.54) is 57.8 Å². The molecule has 0 amide bonds. The van der Waals surface area contributed by atoms with Gasteiger partial charge >= 0.3 is 5.97 Å². The molecule has 2 saturated carbocycles. The molecule has 42 heavy (non-hydrogen) atoms. The van der Waals surface area contributed by atoms with Crippen molar-refractivity contribution in [3.05, 3.63) is 40.3 Å². The number of rotatable bonds is 10. The highest BCUT2D eigenvalue weighted by Crippen LogP contribution is 2.47. The van der Waals surface area contributed by atoms with Crippen molar-refractivity contribution in [2.75, 3.05) is 19.8 Å². The van der Waals surface area contributed by atoms with Crippen LogP contribution >= 0.6 is 0 Å². The summed E-state index contributed by atoms with van der Waals surface area (Å²) in [6, 6.07) is 9.59. The molecular formula is C33H46N4O5. The molecule has 228 valence electrons. The second kappa shape index (κ2) is 13.2. The summed E-state index contributed by atoms with van der Waals surface area (Å²) in [5, 5.41) is 13.4. The predicted molar refractivity (Wildman–Crippen MR) is 161 cm³/mol. The summed E-state index contributed by atoms with van der Waals surface area (Å²) >= 11 is 0. The van der Waals surface area contributed by atoms with E-state index < -0.39 is 0 Å². The number of hydrogen-bond acceptors (Lipinski definition) is 8. The molecule has 3 heterocycles. The molecule has 4 bridgehead atoms. The Hall–Kier alpha value is -2.78. The lowest BCUT2D eigenvalue weighted by Crippen LogP contribution is -2.58. The smallest absolute Gasteiger partial charge is 0.306 e. The minimum Gasteiger partial charge on any atom is -0.466 e. The van der Waals surface area contributed by atoms with Crippen molar-refractivity contribution < 1.29 is 19.5 Å². The number of benzene rings is 1. The van der Waals surface area contributed by atoms with Gasteiger partial charge in [-0.05, 0) is 75.8 Å². The van der Waals surface area contributed by atoms with Gasteiger partial charge in [0.05, 0.1) is 30.7 Å². The molecular weight excluding hydrogens is 532 g/mol. The summed E-state index contributed by atoms with van der Waals surface area (Å²) in [5.41, 5.74) is 1.91. The Morgan fingerprint density at radius 1 is 0.952 bits per heavy atom. The maximum atomic E-state index is 14.3. The van der Waals surface area contributed by atoms with E-state index in [-0.39, 0.29) is 55.9 Å². The number of hydrogen-bond donors (Lipinski definition) is 1. The van der Waals surface area contributed by atoms with E-state index in [1.807, 2.05) is 28.8 Å². The summed E-state index contributed by atoms with van der Waals surface area (Å²) in [6.07, 6.45) is 14.2. The number of esters is 1. The van der Waals surface area contributed by atoms with Gasteiger partial charge < -0.3 is 19.2 Å². The van der Waals surface area contributed by atoms with Gasteiger partial charge in [0.25, 0.3) is 5.56 Å². The monoisotopic (exact) mass is 578 g/mol. The number of aromatic nitrogens is 2. The third-order valence-corrected chi connectivity index (χ3v) is 10.2. The lowest BCUT2D eigenvalue weighted by Gasteiger charge is -2.55. The van der Waals surface area contributed by atoms with Gasteiger partial charge in [-0.2, -0.15) is 0 Å². The van der Waals surface area contributed by atoms with E-state index in [1.54, 1.807) is 6.92 Å². The van der Waals surface area contributed by atoms with Crippen LogP contribution in [0.3, 0.4) is 0 Å². The molecule has 5 atom stereocenters. The van der Waals surface area contributed by atoms with Crippen LogP contribution in [0.4, 0.5) is 0 Å². The van der Waals surface area contributed by atoms with Crippen molar-refractivity contribution in [2.24, 2.45) is 17.0 Å². The molecule has 0 spiro atoms. The van der Waals surface area contributed by atoms with Crippen molar-refractivity contribution in [3.8, 4) is 0 Å². The van der Waals surface area contributed by atoms with Crippen LogP contribution < -0.4 is 5.56 Å². The fourth-order valence-corrected chi connectivity index (χ4v) is 8.67. The Bertz CT molecular complexity index is 1320. The first kappa shape index (κ1) is 29.3. The molecule has 1 N–H and O–H groups in total. The number of para-hydroxylation sites is 2. The number of nitrogens with zero attached hydrogens (tertiary/aromatic N) is 4. The van der Waals surface area contributed by atoms with Crippen LogP contribution in [0.5, 0.6) is 0 Å². The first-order chi connectivity index (χ1) is 20.6. The second-order valence-corrected chi connectivity index (χ2v) is 12.9. The fraction of sp³-hybridized carbons (Fsp3) is 0.697. The van der Waals surface area contributed by atoms with Crippen molar-refractivity contribution in [1.29, 1.82) is 0 Å². The van der Waals surface area contributed by atoms with E-state index in [2.05, 4.69) is 10.1 Å². The number of aliphatic hydroxyl groups is 1. The Balaban J connectivity index is 1.32. The Labute approximate surface area is 248 Å². The van der Waals surface area contributed by atoms with Crippen molar-refractivity contribution in [3.63, 3.8) is 0 Å². The molecule has 2 saturated heterocycles. The number of aliphatic hydroxyl groups excluding tert-OH is 1. The summed E-state index contributed by atoms with van der Waals surface area (Å²) in [5.74, 6) is 1.44. The molecule has 0 radical (unpaired) electrons. The van der Waals surface area contributed by atoms with Gasteiger partial charge in [-0.1, -0.05) is 43.0 Å². The number of fused-ring (bicyclic) bond motifs is 5. The summed E-state index contributed by atoms with van der Waals surface area (Å²) in [7, 11) is 0. The SMILES string of the molecule is CCOC(=O)CCC(=NOCCO)c1nc2ccccc2n(C2CC3CCC[C@H](C2)N3C2CC3CCCC(C3)C2)c1=O. The first-order valence-corrected chi connectivity index (χ1v) is 16.3. The Morgan fingerprint density at radius 2 is 1.67 bits per heavy atom. The molecule has 1 aromatic heterocycles. The number of carbonyl (C=O) groups is 1. The number of ether oxygens (including phenoxy) is 1. The lowest BCUT2D eigenvalue weighted by molar-refractivity contribution is -0.142. The van der Waals surface area contributed by atoms with Crippen LogP contribution in [-0.4, -0.2) is 69.2 Å². The quantitative estimate of drug-likeness (QED) is 0.183. The van der Waals surface area contributed by atoms with E-state index in [0.717, 1.165) is 35.7 Å². The van der Waals surface area contributed by atoms with Crippen LogP contribution in [0.2, 0.25) is 0 Å². The summed E-state index contributed by atoms with van der Waals surface area (Å²) in [4.78, 5) is 39.5. The third-order valence-electron chi connectivity index (χ3n) is 10.2. The zero-order valence-electron chi connectivity index (χ0n) is 25.0. The van der Waals surface area contributed by atoms with Crippen LogP contribution in [0.15, 0.2) is 34.2 Å². The van der Waals surface area contributed by atoms with Gasteiger partial charge in [0.2, 0.25) is 0 Å². The average molecular weight is 579 g/mol. The number of piperidine rings is 2. The van der Waals surface area contributed by atoms with Gasteiger partial charge in [-0.3, -0.25) is 14.5 Å². The lowest BCUT2D eigenvalue weighted by atomic mass is 9.68. The minimum atomic E-state index is -0.361. The van der Waals surface area contributed by atoms with Gasteiger partial charge in [-0.25, -0.2) is 4.98 Å². The molecule has 4 fully saturated rings. The molecule has 4 unspecified atom stereocenters. The van der Waals surface area contributed by atoms with E-state index >= 15 is 0 Å². The minimum absolute atomic E-state index is 0.00458. The summed E-state index contributed by atoms with van der Waals surface area (Å²) in [6.45, 7) is 1.85. The third kappa shape index (κ3) is 6.13. The number of carbonyl (C=O) groups excluding carboxylic acids is 1. The van der Waals surface area contributed by atoms with E-state index in [4.69, 9.17) is 14.6 Å². The van der Waals surface area contributed by atoms with Gasteiger partial charge in [0, 0.05) is 30.6 Å². The predicted octanol–water partition coefficient (Wildman–Crippen LogP) is 4.98. The maximum absolute atomic E-state index is 14.3. The maximum Gasteiger partial charge on any atom is 0.306 e. The topological polar surface area (TPSA) is 106 Å². The molecule has 2 aliphatic heterocycles. The van der Waals surface area contributed by atoms with Crippen LogP contribution in [0, 0.1) is 11.8 Å². The molecule has 2 aromatic rings. The van der Waals surface area contributed by atoms with Gasteiger partial charge in [0.1, 0.15) is 12.3 Å². The largest absolute Gasteiger partial charge is 0.466 e. The van der Waals surface area contributed by atoms with E-state index in [0.29, 0.717) is 23.8 Å². The molecule has 2 aliphatic carbocycles. The zero-order chi connectivity index (χ0) is 29.1. The number of oxime groups is 1. The van der Waals surface area contributed by atoms with Gasteiger partial charge in [-0.15, -0.1) is 0 Å². The molecule has 1 aromatic carbocycles. The Morgan fingerprint density at radius 3 is 2.38 bits per heavy atom. The average Bonchev–Trinajstić information content (AvgIpc) is 2.98. The molecule has 4 aliphatic rings. The van der Waals surface area contributed by atoms with Crippen LogP contribution in [-0.2, 0) is 14.4 Å². The highest BCUT2D eigenvalue weighted by Gasteiger charge is 2.45. The van der Waals surface area contributed by atoms with Crippen LogP contribution in [0.25, 0.3) is 11.0 Å².